The van der Waals surface area contributed by atoms with Crippen molar-refractivity contribution in [2.24, 2.45) is 0 Å². The highest BCUT2D eigenvalue weighted by Gasteiger charge is 2.28. The molecular formula is C15H34NO3P. The molecular weight excluding hydrogens is 273 g/mol. The van der Waals surface area contributed by atoms with E-state index < -0.39 is 7.75 Å². The van der Waals surface area contributed by atoms with E-state index in [1.54, 1.807) is 4.67 Å². The number of nitrogens with zero attached hydrogens (tertiary/aromatic N) is 1. The van der Waals surface area contributed by atoms with E-state index in [0.717, 1.165) is 32.1 Å². The van der Waals surface area contributed by atoms with Gasteiger partial charge in [0.05, 0.1) is 6.61 Å². The molecule has 0 aromatic carbocycles. The van der Waals surface area contributed by atoms with Gasteiger partial charge in [-0.05, 0) is 19.3 Å². The Morgan fingerprint density at radius 2 is 1.35 bits per heavy atom. The molecule has 0 aliphatic carbocycles. The quantitative estimate of drug-likeness (QED) is 0.363. The van der Waals surface area contributed by atoms with Gasteiger partial charge in [-0.1, -0.05) is 59.3 Å². The Morgan fingerprint density at radius 1 is 0.850 bits per heavy atom. The predicted molar refractivity (Wildman–Crippen MR) is 85.9 cm³/mol. The first-order valence-corrected chi connectivity index (χ1v) is 9.84. The standard InChI is InChI=1S/C15H34NO3P/c1-4-7-9-11-13-16(14-12-10-8-5-2)20(17,18)19-15-6-3/h4-15H2,1-3H3,(H,17,18). The molecule has 0 saturated heterocycles. The lowest BCUT2D eigenvalue weighted by atomic mass is 10.2. The smallest absolute Gasteiger partial charge is 0.312 e. The number of hydrogen-bond acceptors (Lipinski definition) is 2. The zero-order valence-electron chi connectivity index (χ0n) is 13.6. The molecule has 1 unspecified atom stereocenters. The molecule has 0 spiro atoms. The number of hydrogen-bond donors (Lipinski definition) is 1. The summed E-state index contributed by atoms with van der Waals surface area (Å²) in [6.07, 6.45) is 9.70. The first-order valence-electron chi connectivity index (χ1n) is 8.31. The summed E-state index contributed by atoms with van der Waals surface area (Å²) < 4.78 is 19.1. The van der Waals surface area contributed by atoms with Gasteiger partial charge >= 0.3 is 7.75 Å². The molecule has 0 aliphatic rings. The van der Waals surface area contributed by atoms with Crippen LogP contribution in [0.3, 0.4) is 0 Å². The van der Waals surface area contributed by atoms with E-state index in [4.69, 9.17) is 4.52 Å². The van der Waals surface area contributed by atoms with Crippen LogP contribution in [0.2, 0.25) is 0 Å². The van der Waals surface area contributed by atoms with Crippen LogP contribution in [0.15, 0.2) is 0 Å². The minimum Gasteiger partial charge on any atom is -0.312 e. The Hall–Kier alpha value is 0.110. The van der Waals surface area contributed by atoms with Crippen molar-refractivity contribution in [3.05, 3.63) is 0 Å². The molecule has 0 heterocycles. The van der Waals surface area contributed by atoms with Crippen LogP contribution in [0.5, 0.6) is 0 Å². The van der Waals surface area contributed by atoms with Gasteiger partial charge in [-0.2, -0.15) is 0 Å². The fourth-order valence-corrected chi connectivity index (χ4v) is 3.47. The number of unbranched alkanes of at least 4 members (excludes halogenated alkanes) is 6. The predicted octanol–water partition coefficient (Wildman–Crippen LogP) is 4.98. The van der Waals surface area contributed by atoms with Crippen LogP contribution in [0.1, 0.15) is 78.6 Å². The van der Waals surface area contributed by atoms with E-state index in [1.807, 2.05) is 6.92 Å². The molecule has 5 heteroatoms. The van der Waals surface area contributed by atoms with Crippen LogP contribution in [0.4, 0.5) is 0 Å². The van der Waals surface area contributed by atoms with Gasteiger partial charge < -0.3 is 4.89 Å². The zero-order chi connectivity index (χ0) is 15.3. The highest BCUT2D eigenvalue weighted by atomic mass is 31.2. The molecule has 0 aliphatic heterocycles. The molecule has 0 fully saturated rings. The Bertz CT molecular complexity index is 250. The highest BCUT2D eigenvalue weighted by molar-refractivity contribution is 7.50. The second-order valence-electron chi connectivity index (χ2n) is 5.40. The lowest BCUT2D eigenvalue weighted by Crippen LogP contribution is -2.24. The second kappa shape index (κ2) is 12.8. The Balaban J connectivity index is 4.24. The van der Waals surface area contributed by atoms with E-state index in [0.29, 0.717) is 19.7 Å². The number of rotatable bonds is 14. The lowest BCUT2D eigenvalue weighted by molar-refractivity contribution is 0.198. The van der Waals surface area contributed by atoms with E-state index in [9.17, 15) is 9.46 Å². The van der Waals surface area contributed by atoms with E-state index in [1.165, 1.54) is 25.7 Å². The maximum Gasteiger partial charge on any atom is 0.405 e. The molecule has 0 rings (SSSR count). The molecule has 0 amide bonds. The average molecular weight is 307 g/mol. The third-order valence-electron chi connectivity index (χ3n) is 3.36. The van der Waals surface area contributed by atoms with Gasteiger partial charge in [-0.3, -0.25) is 4.52 Å². The van der Waals surface area contributed by atoms with Gasteiger partial charge in [0.1, 0.15) is 0 Å². The van der Waals surface area contributed by atoms with Gasteiger partial charge in [-0.25, -0.2) is 9.24 Å². The van der Waals surface area contributed by atoms with Crippen molar-refractivity contribution in [2.45, 2.75) is 78.6 Å². The summed E-state index contributed by atoms with van der Waals surface area (Å²) in [5.74, 6) is 0. The Labute approximate surface area is 125 Å². The van der Waals surface area contributed by atoms with Crippen molar-refractivity contribution < 1.29 is 14.0 Å². The highest BCUT2D eigenvalue weighted by Crippen LogP contribution is 2.46. The maximum atomic E-state index is 12.3. The summed E-state index contributed by atoms with van der Waals surface area (Å²) in [7, 11) is -3.58. The molecule has 1 N–H and O–H groups in total. The van der Waals surface area contributed by atoms with Crippen molar-refractivity contribution in [3.8, 4) is 0 Å². The minimum atomic E-state index is -3.58. The summed E-state index contributed by atoms with van der Waals surface area (Å²) in [6, 6.07) is 0. The summed E-state index contributed by atoms with van der Waals surface area (Å²) in [5, 5.41) is 0. The summed E-state index contributed by atoms with van der Waals surface area (Å²) in [4.78, 5) is 10.1. The van der Waals surface area contributed by atoms with Crippen molar-refractivity contribution in [1.82, 2.24) is 4.67 Å². The molecule has 0 bridgehead atoms. The van der Waals surface area contributed by atoms with Gasteiger partial charge in [0, 0.05) is 13.1 Å². The Kier molecular flexibility index (Phi) is 12.9. The third kappa shape index (κ3) is 9.93. The van der Waals surface area contributed by atoms with Gasteiger partial charge in [0.2, 0.25) is 0 Å². The lowest BCUT2D eigenvalue weighted by Gasteiger charge is -2.26. The fraction of sp³-hybridized carbons (Fsp3) is 1.00. The molecule has 0 aromatic rings. The van der Waals surface area contributed by atoms with Crippen molar-refractivity contribution in [1.29, 1.82) is 0 Å². The summed E-state index contributed by atoms with van der Waals surface area (Å²) in [5.41, 5.74) is 0. The van der Waals surface area contributed by atoms with Gasteiger partial charge in [0.15, 0.2) is 0 Å². The second-order valence-corrected chi connectivity index (χ2v) is 7.20. The SMILES string of the molecule is CCCCCCN(CCCCCC)P(=O)(O)OCCC. The molecule has 0 saturated carbocycles. The minimum absolute atomic E-state index is 0.355. The van der Waals surface area contributed by atoms with Crippen LogP contribution in [0.25, 0.3) is 0 Å². The van der Waals surface area contributed by atoms with Gasteiger partial charge in [0.25, 0.3) is 0 Å². The largest absolute Gasteiger partial charge is 0.405 e. The fourth-order valence-electron chi connectivity index (χ4n) is 2.10. The van der Waals surface area contributed by atoms with E-state index in [2.05, 4.69) is 13.8 Å². The zero-order valence-corrected chi connectivity index (χ0v) is 14.5. The first kappa shape index (κ1) is 20.1. The van der Waals surface area contributed by atoms with Crippen LogP contribution < -0.4 is 0 Å². The van der Waals surface area contributed by atoms with Crippen molar-refractivity contribution in [2.75, 3.05) is 19.7 Å². The molecule has 0 aromatic heterocycles. The van der Waals surface area contributed by atoms with Crippen LogP contribution >= 0.6 is 7.75 Å². The monoisotopic (exact) mass is 307 g/mol. The summed E-state index contributed by atoms with van der Waals surface area (Å²) >= 11 is 0. The van der Waals surface area contributed by atoms with Crippen molar-refractivity contribution >= 4 is 7.75 Å². The van der Waals surface area contributed by atoms with E-state index in [-0.39, 0.29) is 0 Å². The Morgan fingerprint density at radius 3 is 1.75 bits per heavy atom. The van der Waals surface area contributed by atoms with Gasteiger partial charge in [-0.15, -0.1) is 0 Å². The topological polar surface area (TPSA) is 49.8 Å². The van der Waals surface area contributed by atoms with Crippen LogP contribution in [-0.4, -0.2) is 29.3 Å². The third-order valence-corrected chi connectivity index (χ3v) is 4.99. The van der Waals surface area contributed by atoms with E-state index >= 15 is 0 Å². The summed E-state index contributed by atoms with van der Waals surface area (Å²) in [6.45, 7) is 7.99. The van der Waals surface area contributed by atoms with Crippen molar-refractivity contribution in [3.63, 3.8) is 0 Å². The first-order chi connectivity index (χ1) is 9.58. The average Bonchev–Trinajstić information content (AvgIpc) is 2.43. The molecule has 4 nitrogen and oxygen atoms in total. The molecule has 20 heavy (non-hydrogen) atoms. The molecule has 122 valence electrons. The van der Waals surface area contributed by atoms with Crippen LogP contribution in [-0.2, 0) is 9.09 Å². The maximum absolute atomic E-state index is 12.3. The molecule has 1 atom stereocenters. The van der Waals surface area contributed by atoms with Crippen LogP contribution in [0, 0.1) is 0 Å². The molecule has 0 radical (unpaired) electrons. The normalized spacial score (nSPS) is 14.7.